The molecule has 6 nitrogen and oxygen atoms in total. The number of methoxy groups -OCH3 is 3. The summed E-state index contributed by atoms with van der Waals surface area (Å²) in [6, 6.07) is 3.87. The highest BCUT2D eigenvalue weighted by Gasteiger charge is 2.16. The van der Waals surface area contributed by atoms with Crippen LogP contribution < -0.4 is 24.8 Å². The molecule has 0 aliphatic carbocycles. The number of aliphatic imine (C=N–C) groups is 1. The summed E-state index contributed by atoms with van der Waals surface area (Å²) in [5, 5.41) is 6.63. The largest absolute Gasteiger partial charge is 0.493 e. The minimum Gasteiger partial charge on any atom is -0.493 e. The van der Waals surface area contributed by atoms with Crippen molar-refractivity contribution < 1.29 is 14.2 Å². The van der Waals surface area contributed by atoms with Gasteiger partial charge < -0.3 is 24.8 Å². The van der Waals surface area contributed by atoms with Crippen molar-refractivity contribution in [1.82, 2.24) is 10.6 Å². The van der Waals surface area contributed by atoms with E-state index < -0.39 is 0 Å². The van der Waals surface area contributed by atoms with Crippen molar-refractivity contribution in [3.8, 4) is 17.2 Å². The third-order valence-electron chi connectivity index (χ3n) is 3.27. The molecule has 144 valence electrons. The maximum Gasteiger partial charge on any atom is 0.203 e. The van der Waals surface area contributed by atoms with Gasteiger partial charge in [0.1, 0.15) is 0 Å². The molecular weight excluding hydrogens is 433 g/mol. The van der Waals surface area contributed by atoms with Gasteiger partial charge in [-0.2, -0.15) is 0 Å². The van der Waals surface area contributed by atoms with Crippen LogP contribution in [-0.2, 0) is 6.42 Å². The van der Waals surface area contributed by atoms with Crippen LogP contribution in [0.1, 0.15) is 33.3 Å². The van der Waals surface area contributed by atoms with Gasteiger partial charge in [0, 0.05) is 24.2 Å². The predicted molar refractivity (Wildman–Crippen MR) is 114 cm³/mol. The molecule has 0 saturated heterocycles. The summed E-state index contributed by atoms with van der Waals surface area (Å²) in [5.41, 5.74) is 0.993. The second-order valence-electron chi connectivity index (χ2n) is 6.38. The average molecular weight is 465 g/mol. The van der Waals surface area contributed by atoms with Gasteiger partial charge in [0.05, 0.1) is 21.3 Å². The smallest absolute Gasteiger partial charge is 0.203 e. The van der Waals surface area contributed by atoms with Crippen LogP contribution in [-0.4, -0.2) is 45.9 Å². The molecule has 1 aromatic carbocycles. The van der Waals surface area contributed by atoms with Crippen LogP contribution in [0.4, 0.5) is 0 Å². The minimum atomic E-state index is -0.0397. The molecule has 0 aliphatic heterocycles. The number of hydrogen-bond acceptors (Lipinski definition) is 4. The van der Waals surface area contributed by atoms with Gasteiger partial charge in [-0.15, -0.1) is 24.0 Å². The molecule has 0 fully saturated rings. The highest BCUT2D eigenvalue weighted by Crippen LogP contribution is 2.39. The van der Waals surface area contributed by atoms with Crippen LogP contribution in [0.3, 0.4) is 0 Å². The summed E-state index contributed by atoms with van der Waals surface area (Å²) < 4.78 is 16.2. The molecule has 0 atom stereocenters. The van der Waals surface area contributed by atoms with Gasteiger partial charge in [0.15, 0.2) is 17.5 Å². The number of ether oxygens (including phenoxy) is 3. The van der Waals surface area contributed by atoms with Crippen molar-refractivity contribution in [1.29, 1.82) is 0 Å². The summed E-state index contributed by atoms with van der Waals surface area (Å²) in [7, 11) is 4.86. The van der Waals surface area contributed by atoms with E-state index in [2.05, 4.69) is 43.3 Å². The number of nitrogens with zero attached hydrogens (tertiary/aromatic N) is 1. The molecule has 1 aromatic rings. The van der Waals surface area contributed by atoms with E-state index in [1.807, 2.05) is 12.1 Å². The first-order valence-corrected chi connectivity index (χ1v) is 8.20. The summed E-state index contributed by atoms with van der Waals surface area (Å²) in [5.74, 6) is 2.77. The zero-order chi connectivity index (χ0) is 18.2. The van der Waals surface area contributed by atoms with Gasteiger partial charge >= 0.3 is 0 Å². The number of guanidine groups is 1. The second-order valence-corrected chi connectivity index (χ2v) is 6.38. The Hall–Kier alpha value is -1.38. The zero-order valence-electron chi connectivity index (χ0n) is 16.4. The third-order valence-corrected chi connectivity index (χ3v) is 3.27. The third kappa shape index (κ3) is 7.58. The van der Waals surface area contributed by atoms with Crippen LogP contribution >= 0.6 is 24.0 Å². The second kappa shape index (κ2) is 11.3. The predicted octanol–water partition coefficient (Wildman–Crippen LogP) is 3.23. The van der Waals surface area contributed by atoms with Crippen LogP contribution in [0.25, 0.3) is 0 Å². The Morgan fingerprint density at radius 3 is 2.16 bits per heavy atom. The van der Waals surface area contributed by atoms with Crippen molar-refractivity contribution in [3.05, 3.63) is 17.7 Å². The molecule has 1 rings (SSSR count). The first kappa shape index (κ1) is 23.6. The number of hydrogen-bond donors (Lipinski definition) is 2. The molecule has 0 heterocycles. The van der Waals surface area contributed by atoms with Gasteiger partial charge in [-0.05, 0) is 40.2 Å². The molecular formula is C18H32IN3O3. The molecule has 0 amide bonds. The summed E-state index contributed by atoms with van der Waals surface area (Å²) >= 11 is 0. The molecule has 0 radical (unpaired) electrons. The fourth-order valence-electron chi connectivity index (χ4n) is 2.31. The van der Waals surface area contributed by atoms with Crippen molar-refractivity contribution >= 4 is 29.9 Å². The van der Waals surface area contributed by atoms with Gasteiger partial charge in [-0.25, -0.2) is 0 Å². The fourth-order valence-corrected chi connectivity index (χ4v) is 2.31. The first-order valence-electron chi connectivity index (χ1n) is 8.20. The summed E-state index contributed by atoms with van der Waals surface area (Å²) in [6.45, 7) is 9.84. The van der Waals surface area contributed by atoms with Crippen LogP contribution in [0.5, 0.6) is 17.2 Å². The van der Waals surface area contributed by atoms with Gasteiger partial charge in [0.25, 0.3) is 0 Å². The Morgan fingerprint density at radius 1 is 1.04 bits per heavy atom. The molecule has 25 heavy (non-hydrogen) atoms. The highest BCUT2D eigenvalue weighted by atomic mass is 127. The number of halogens is 1. The number of nitrogens with one attached hydrogen (secondary N) is 2. The van der Waals surface area contributed by atoms with Crippen molar-refractivity contribution in [2.75, 3.05) is 34.4 Å². The van der Waals surface area contributed by atoms with E-state index >= 15 is 0 Å². The Bertz CT molecular complexity index is 557. The number of benzene rings is 1. The normalized spacial score (nSPS) is 11.4. The van der Waals surface area contributed by atoms with Crippen LogP contribution in [0.2, 0.25) is 0 Å². The van der Waals surface area contributed by atoms with Gasteiger partial charge in [-0.3, -0.25) is 4.99 Å². The van der Waals surface area contributed by atoms with Gasteiger partial charge in [0.2, 0.25) is 5.75 Å². The first-order chi connectivity index (χ1) is 11.4. The molecule has 0 aliphatic rings. The molecule has 0 unspecified atom stereocenters. The Balaban J connectivity index is 0.00000576. The zero-order valence-corrected chi connectivity index (χ0v) is 18.7. The average Bonchev–Trinajstić information content (AvgIpc) is 2.52. The lowest BCUT2D eigenvalue weighted by molar-refractivity contribution is 0.322. The van der Waals surface area contributed by atoms with Crippen molar-refractivity contribution in [2.24, 2.45) is 4.99 Å². The maximum atomic E-state index is 5.51. The maximum absolute atomic E-state index is 5.51. The van der Waals surface area contributed by atoms with E-state index in [-0.39, 0.29) is 29.5 Å². The van der Waals surface area contributed by atoms with Crippen molar-refractivity contribution in [2.45, 2.75) is 39.7 Å². The minimum absolute atomic E-state index is 0. The van der Waals surface area contributed by atoms with E-state index in [0.29, 0.717) is 23.8 Å². The highest BCUT2D eigenvalue weighted by molar-refractivity contribution is 14.0. The molecule has 2 N–H and O–H groups in total. The van der Waals surface area contributed by atoms with Crippen molar-refractivity contribution in [3.63, 3.8) is 0 Å². The van der Waals surface area contributed by atoms with Crippen LogP contribution in [0, 0.1) is 0 Å². The van der Waals surface area contributed by atoms with E-state index in [9.17, 15) is 0 Å². The van der Waals surface area contributed by atoms with E-state index in [1.165, 1.54) is 0 Å². The topological polar surface area (TPSA) is 64.1 Å². The fraction of sp³-hybridized carbons (Fsp3) is 0.611. The Kier molecular flexibility index (Phi) is 10.7. The quantitative estimate of drug-likeness (QED) is 0.368. The van der Waals surface area contributed by atoms with E-state index in [4.69, 9.17) is 14.2 Å². The van der Waals surface area contributed by atoms with E-state index in [0.717, 1.165) is 24.5 Å². The lowest BCUT2D eigenvalue weighted by Crippen LogP contribution is -2.47. The SMILES string of the molecule is CCNC(=NCCc1ccc(OC)c(OC)c1OC)NC(C)(C)C.I. The molecule has 0 saturated carbocycles. The molecule has 0 bridgehead atoms. The number of rotatable bonds is 7. The van der Waals surface area contributed by atoms with Crippen LogP contribution in [0.15, 0.2) is 17.1 Å². The van der Waals surface area contributed by atoms with E-state index in [1.54, 1.807) is 21.3 Å². The summed E-state index contributed by atoms with van der Waals surface area (Å²) in [6.07, 6.45) is 0.740. The Morgan fingerprint density at radius 2 is 1.68 bits per heavy atom. The molecule has 7 heteroatoms. The standard InChI is InChI=1S/C18H31N3O3.HI/c1-8-19-17(21-18(2,3)4)20-12-11-13-9-10-14(22-5)16(24-7)15(13)23-6;/h9-10H,8,11-12H2,1-7H3,(H2,19,20,21);1H. The monoisotopic (exact) mass is 465 g/mol. The molecule has 0 spiro atoms. The lowest BCUT2D eigenvalue weighted by Gasteiger charge is -2.23. The molecule has 0 aromatic heterocycles. The van der Waals surface area contributed by atoms with Gasteiger partial charge in [-0.1, -0.05) is 6.07 Å². The summed E-state index contributed by atoms with van der Waals surface area (Å²) in [4.78, 5) is 4.63. The Labute approximate surface area is 168 Å². The lowest BCUT2D eigenvalue weighted by atomic mass is 10.1.